The highest BCUT2D eigenvalue weighted by Crippen LogP contribution is 2.47. The molecule has 5 nitrogen and oxygen atoms in total. The highest BCUT2D eigenvalue weighted by molar-refractivity contribution is 6.03. The Morgan fingerprint density at radius 2 is 1.02 bits per heavy atom. The van der Waals surface area contributed by atoms with Crippen molar-refractivity contribution in [2.75, 3.05) is 0 Å². The first-order valence-electron chi connectivity index (χ1n) is 21.4. The highest BCUT2D eigenvalue weighted by Gasteiger charge is 2.50. The lowest BCUT2D eigenvalue weighted by Gasteiger charge is -2.45. The molecule has 0 N–H and O–H groups in total. The van der Waals surface area contributed by atoms with Gasteiger partial charge in [-0.25, -0.2) is 0 Å². The van der Waals surface area contributed by atoms with Crippen molar-refractivity contribution in [1.82, 2.24) is 0 Å². The normalized spacial score (nSPS) is 25.9. The lowest BCUT2D eigenvalue weighted by Crippen LogP contribution is -2.48. The molecule has 0 saturated heterocycles. The number of aryl methyl sites for hydroxylation is 1. The van der Waals surface area contributed by atoms with Crippen molar-refractivity contribution in [2.24, 2.45) is 35.5 Å². The Hall–Kier alpha value is -3.73. The van der Waals surface area contributed by atoms with Crippen LogP contribution in [0.15, 0.2) is 84.9 Å². The van der Waals surface area contributed by atoms with Gasteiger partial charge < -0.3 is 9.47 Å². The molecule has 3 saturated carbocycles. The van der Waals surface area contributed by atoms with Crippen LogP contribution in [0.2, 0.25) is 0 Å². The fourth-order valence-corrected chi connectivity index (χ4v) is 10.5. The zero-order valence-electron chi connectivity index (χ0n) is 34.6. The average molecular weight is 747 g/mol. The predicted octanol–water partition coefficient (Wildman–Crippen LogP) is 11.5. The lowest BCUT2D eigenvalue weighted by molar-refractivity contribution is -0.178. The summed E-state index contributed by atoms with van der Waals surface area (Å²) < 4.78 is 13.4. The maximum Gasteiger partial charge on any atom is 0.321 e. The van der Waals surface area contributed by atoms with Gasteiger partial charge in [0.2, 0.25) is 0 Å². The molecule has 6 rings (SSSR count). The average Bonchev–Trinajstić information content (AvgIpc) is 3.18. The molecule has 3 fully saturated rings. The molecule has 0 spiro atoms. The van der Waals surface area contributed by atoms with Crippen LogP contribution in [0, 0.1) is 42.4 Å². The van der Waals surface area contributed by atoms with E-state index in [0.29, 0.717) is 30.2 Å². The molecule has 0 aliphatic heterocycles. The van der Waals surface area contributed by atoms with Crippen molar-refractivity contribution in [3.8, 4) is 0 Å². The van der Waals surface area contributed by atoms with Gasteiger partial charge in [-0.1, -0.05) is 164 Å². The minimum Gasteiger partial charge on any atom is -0.461 e. The standard InChI is InChI=1S/C50H66O5/c1-33-23-27-36(28-24-33)44(46(51)37-17-11-8-12-18-37)45(47(52)54-42-31-34(2)25-29-40(42)49(4,5)38-19-13-9-14-20-38)48(53)55-43-32-35(3)26-30-41(43)50(6,7)39-21-15-10-16-22-39/h9-10,13-16,19-24,27-28,34-35,37,40-45H,8,11-12,17-18,25-26,29-32H2,1-7H3/t34-,35-,40-,41-,42-,43-,44-/m1/s1. The molecule has 55 heavy (non-hydrogen) atoms. The molecule has 0 bridgehead atoms. The van der Waals surface area contributed by atoms with Gasteiger partial charge in [0.15, 0.2) is 5.92 Å². The van der Waals surface area contributed by atoms with Crippen molar-refractivity contribution in [3.63, 3.8) is 0 Å². The molecule has 0 unspecified atom stereocenters. The molecule has 3 aliphatic rings. The third kappa shape index (κ3) is 9.29. The zero-order chi connectivity index (χ0) is 39.3. The molecule has 0 aromatic heterocycles. The third-order valence-electron chi connectivity index (χ3n) is 14.1. The Morgan fingerprint density at radius 1 is 0.582 bits per heavy atom. The van der Waals surface area contributed by atoms with Crippen LogP contribution in [-0.4, -0.2) is 29.9 Å². The molecule has 3 aromatic rings. The van der Waals surface area contributed by atoms with E-state index in [-0.39, 0.29) is 34.4 Å². The smallest absolute Gasteiger partial charge is 0.321 e. The Morgan fingerprint density at radius 3 is 1.45 bits per heavy atom. The molecule has 3 aliphatic carbocycles. The summed E-state index contributed by atoms with van der Waals surface area (Å²) in [6, 6.07) is 28.8. The van der Waals surface area contributed by atoms with E-state index in [2.05, 4.69) is 90.1 Å². The van der Waals surface area contributed by atoms with Crippen LogP contribution >= 0.6 is 0 Å². The van der Waals surface area contributed by atoms with Gasteiger partial charge in [0.25, 0.3) is 0 Å². The molecule has 296 valence electrons. The number of benzene rings is 3. The zero-order valence-corrected chi connectivity index (χ0v) is 34.6. The van der Waals surface area contributed by atoms with E-state index in [1.165, 1.54) is 11.1 Å². The molecule has 7 atom stereocenters. The predicted molar refractivity (Wildman–Crippen MR) is 221 cm³/mol. The SMILES string of the molecule is Cc1ccc([C@@H](C(=O)C2CCCCC2)C(C(=O)O[C@@H]2C[C@H](C)CC[C@H]2C(C)(C)c2ccccc2)C(=O)O[C@@H]2C[C@H](C)CC[C@H]2C(C)(C)c2ccccc2)cc1. The summed E-state index contributed by atoms with van der Waals surface area (Å²) in [6.45, 7) is 15.4. The molecule has 3 aromatic carbocycles. The summed E-state index contributed by atoms with van der Waals surface area (Å²) in [7, 11) is 0. The summed E-state index contributed by atoms with van der Waals surface area (Å²) in [4.78, 5) is 45.3. The Bertz CT molecular complexity index is 1630. The largest absolute Gasteiger partial charge is 0.461 e. The summed E-state index contributed by atoms with van der Waals surface area (Å²) >= 11 is 0. The fourth-order valence-electron chi connectivity index (χ4n) is 10.5. The topological polar surface area (TPSA) is 69.7 Å². The minimum absolute atomic E-state index is 0.0289. The van der Waals surface area contributed by atoms with Gasteiger partial charge in [-0.05, 0) is 84.8 Å². The van der Waals surface area contributed by atoms with Crippen LogP contribution < -0.4 is 0 Å². The summed E-state index contributed by atoms with van der Waals surface area (Å²) in [5, 5.41) is 0. The molecule has 5 heteroatoms. The second kappa shape index (κ2) is 17.6. The van der Waals surface area contributed by atoms with E-state index in [1.807, 2.05) is 43.3 Å². The number of carbonyl (C=O) groups excluding carboxylic acids is 3. The maximum atomic E-state index is 15.2. The number of carbonyl (C=O) groups is 3. The summed E-state index contributed by atoms with van der Waals surface area (Å²) in [6.07, 6.45) is 9.16. The number of hydrogen-bond donors (Lipinski definition) is 0. The van der Waals surface area contributed by atoms with Crippen molar-refractivity contribution in [2.45, 2.75) is 148 Å². The lowest BCUT2D eigenvalue weighted by atomic mass is 9.64. The van der Waals surface area contributed by atoms with E-state index in [4.69, 9.17) is 9.47 Å². The molecule has 0 radical (unpaired) electrons. The van der Waals surface area contributed by atoms with Crippen LogP contribution in [0.25, 0.3) is 0 Å². The summed E-state index contributed by atoms with van der Waals surface area (Å²) in [5.74, 6) is -3.01. The van der Waals surface area contributed by atoms with Gasteiger partial charge in [0, 0.05) is 17.8 Å². The molecule has 0 amide bonds. The number of Topliss-reactive ketones (excluding diaryl/α,β-unsaturated/α-hetero) is 1. The van der Waals surface area contributed by atoms with Gasteiger partial charge in [-0.2, -0.15) is 0 Å². The van der Waals surface area contributed by atoms with E-state index in [9.17, 15) is 4.79 Å². The maximum absolute atomic E-state index is 15.2. The third-order valence-corrected chi connectivity index (χ3v) is 14.1. The van der Waals surface area contributed by atoms with Crippen molar-refractivity contribution >= 4 is 17.7 Å². The van der Waals surface area contributed by atoms with Crippen LogP contribution in [0.3, 0.4) is 0 Å². The Labute approximate surface area is 331 Å². The van der Waals surface area contributed by atoms with Gasteiger partial charge in [0.05, 0.1) is 5.92 Å². The van der Waals surface area contributed by atoms with Crippen LogP contribution in [0.4, 0.5) is 0 Å². The fraction of sp³-hybridized carbons (Fsp3) is 0.580. The van der Waals surface area contributed by atoms with E-state index in [0.717, 1.165) is 63.4 Å². The minimum atomic E-state index is -1.40. The number of esters is 2. The second-order valence-corrected chi connectivity index (χ2v) is 18.8. The second-order valence-electron chi connectivity index (χ2n) is 18.8. The van der Waals surface area contributed by atoms with E-state index in [1.54, 1.807) is 0 Å². The molecular formula is C50H66O5. The monoisotopic (exact) mass is 746 g/mol. The van der Waals surface area contributed by atoms with E-state index < -0.39 is 36.0 Å². The Kier molecular flexibility index (Phi) is 13.1. The van der Waals surface area contributed by atoms with Crippen molar-refractivity contribution < 1.29 is 23.9 Å². The quantitative estimate of drug-likeness (QED) is 0.136. The first kappa shape index (κ1) is 40.9. The van der Waals surface area contributed by atoms with Crippen molar-refractivity contribution in [3.05, 3.63) is 107 Å². The number of ketones is 1. The highest BCUT2D eigenvalue weighted by atomic mass is 16.6. The van der Waals surface area contributed by atoms with E-state index >= 15 is 9.59 Å². The van der Waals surface area contributed by atoms with Gasteiger partial charge in [-0.3, -0.25) is 14.4 Å². The van der Waals surface area contributed by atoms with Crippen LogP contribution in [0.5, 0.6) is 0 Å². The summed E-state index contributed by atoms with van der Waals surface area (Å²) in [5.41, 5.74) is 3.61. The van der Waals surface area contributed by atoms with Crippen molar-refractivity contribution in [1.29, 1.82) is 0 Å². The first-order valence-corrected chi connectivity index (χ1v) is 21.4. The molecule has 0 heterocycles. The van der Waals surface area contributed by atoms with Gasteiger partial charge in [-0.15, -0.1) is 0 Å². The molecular weight excluding hydrogens is 681 g/mol. The van der Waals surface area contributed by atoms with Gasteiger partial charge >= 0.3 is 11.9 Å². The number of ether oxygens (including phenoxy) is 2. The van der Waals surface area contributed by atoms with Crippen LogP contribution in [-0.2, 0) is 34.7 Å². The number of hydrogen-bond acceptors (Lipinski definition) is 5. The van der Waals surface area contributed by atoms with Crippen LogP contribution in [0.1, 0.15) is 140 Å². The Balaban J connectivity index is 1.39. The first-order chi connectivity index (χ1) is 26.3. The van der Waals surface area contributed by atoms with Gasteiger partial charge in [0.1, 0.15) is 18.0 Å². The number of rotatable bonds is 12.